The molecule has 1 aromatic heterocycles. The van der Waals surface area contributed by atoms with Gasteiger partial charge < -0.3 is 15.2 Å². The molecule has 1 saturated heterocycles. The second-order valence-corrected chi connectivity index (χ2v) is 12.0. The second-order valence-electron chi connectivity index (χ2n) is 9.49. The molecule has 208 valence electrons. The molecule has 0 bridgehead atoms. The molecule has 3 aromatic carbocycles. The van der Waals surface area contributed by atoms with E-state index in [-0.39, 0.29) is 12.3 Å². The molecular formula is C29H22ClN3O6S2. The third-order valence-electron chi connectivity index (χ3n) is 7.08. The Kier molecular flexibility index (Phi) is 7.10. The summed E-state index contributed by atoms with van der Waals surface area (Å²) in [5.74, 6) is -2.36. The number of phenolic OH excluding ortho intramolecular Hbond substituents is 1. The van der Waals surface area contributed by atoms with E-state index in [2.05, 4.69) is 5.32 Å². The number of imide groups is 1. The van der Waals surface area contributed by atoms with E-state index < -0.39 is 39.7 Å². The van der Waals surface area contributed by atoms with Gasteiger partial charge in [-0.25, -0.2) is 4.90 Å². The minimum absolute atomic E-state index is 0.0519. The number of hydrogen-bond donors (Lipinski definition) is 2. The van der Waals surface area contributed by atoms with Gasteiger partial charge in [0.05, 0.1) is 23.7 Å². The van der Waals surface area contributed by atoms with Gasteiger partial charge in [0.25, 0.3) is 0 Å². The van der Waals surface area contributed by atoms with Crippen LogP contribution in [0.3, 0.4) is 0 Å². The van der Waals surface area contributed by atoms with E-state index in [0.717, 1.165) is 28.0 Å². The van der Waals surface area contributed by atoms with Crippen LogP contribution in [0.2, 0.25) is 5.02 Å². The number of carbonyl (C=O) groups is 3. The van der Waals surface area contributed by atoms with Crippen molar-refractivity contribution in [1.82, 2.24) is 4.57 Å². The molecular weight excluding hydrogens is 586 g/mol. The summed E-state index contributed by atoms with van der Waals surface area (Å²) >= 11 is 8.04. The average molecular weight is 608 g/mol. The number of aromatic hydroxyl groups is 1. The number of carbonyl (C=O) groups excluding carboxylic acids is 3. The van der Waals surface area contributed by atoms with E-state index in [1.54, 1.807) is 73.8 Å². The van der Waals surface area contributed by atoms with Crippen molar-refractivity contribution in [1.29, 1.82) is 0 Å². The summed E-state index contributed by atoms with van der Waals surface area (Å²) in [5.41, 5.74) is 1.34. The van der Waals surface area contributed by atoms with E-state index in [1.807, 2.05) is 0 Å². The lowest BCUT2D eigenvalue weighted by molar-refractivity contribution is -0.122. The third kappa shape index (κ3) is 4.79. The van der Waals surface area contributed by atoms with Crippen LogP contribution in [0.5, 0.6) is 11.5 Å². The molecule has 12 heteroatoms. The minimum Gasteiger partial charge on any atom is -0.508 e. The summed E-state index contributed by atoms with van der Waals surface area (Å²) in [4.78, 5) is 55.2. The summed E-state index contributed by atoms with van der Waals surface area (Å²) in [6.07, 6.45) is 0. The van der Waals surface area contributed by atoms with Gasteiger partial charge in [0.15, 0.2) is 0 Å². The van der Waals surface area contributed by atoms with Crippen molar-refractivity contribution < 1.29 is 24.2 Å². The lowest BCUT2D eigenvalue weighted by Gasteiger charge is -2.31. The number of halogens is 1. The van der Waals surface area contributed by atoms with Crippen LogP contribution in [-0.2, 0) is 20.9 Å². The molecule has 3 amide bonds. The van der Waals surface area contributed by atoms with E-state index in [0.29, 0.717) is 37.6 Å². The Bertz CT molecular complexity index is 1730. The fourth-order valence-corrected chi connectivity index (χ4v) is 8.09. The highest BCUT2D eigenvalue weighted by Gasteiger charge is 2.57. The van der Waals surface area contributed by atoms with Gasteiger partial charge in [-0.15, -0.1) is 0 Å². The van der Waals surface area contributed by atoms with Gasteiger partial charge in [0.2, 0.25) is 17.7 Å². The van der Waals surface area contributed by atoms with Crippen molar-refractivity contribution in [2.24, 2.45) is 5.92 Å². The maximum absolute atomic E-state index is 13.9. The third-order valence-corrected chi connectivity index (χ3v) is 9.94. The monoisotopic (exact) mass is 607 g/mol. The number of nitrogens with zero attached hydrogens (tertiary/aromatic N) is 2. The number of thioether (sulfide) groups is 1. The number of benzene rings is 3. The summed E-state index contributed by atoms with van der Waals surface area (Å²) in [7, 11) is 1.54. The number of rotatable bonds is 6. The van der Waals surface area contributed by atoms with E-state index in [9.17, 15) is 24.3 Å². The molecule has 3 atom stereocenters. The zero-order valence-electron chi connectivity index (χ0n) is 21.4. The predicted molar refractivity (Wildman–Crippen MR) is 157 cm³/mol. The predicted octanol–water partition coefficient (Wildman–Crippen LogP) is 4.71. The van der Waals surface area contributed by atoms with Crippen LogP contribution in [0.15, 0.2) is 82.6 Å². The molecule has 3 heterocycles. The van der Waals surface area contributed by atoms with Crippen molar-refractivity contribution in [2.45, 2.75) is 22.7 Å². The van der Waals surface area contributed by atoms with Crippen molar-refractivity contribution in [3.05, 3.63) is 97.9 Å². The van der Waals surface area contributed by atoms with Crippen LogP contribution in [0, 0.1) is 5.92 Å². The average Bonchev–Trinajstić information content (AvgIpc) is 3.40. The van der Waals surface area contributed by atoms with Crippen LogP contribution in [-0.4, -0.2) is 39.8 Å². The Morgan fingerprint density at radius 1 is 1.00 bits per heavy atom. The highest BCUT2D eigenvalue weighted by atomic mass is 35.5. The van der Waals surface area contributed by atoms with Crippen LogP contribution in [0.1, 0.15) is 16.4 Å². The number of amides is 3. The smallest absolute Gasteiger partial charge is 0.308 e. The van der Waals surface area contributed by atoms with Crippen LogP contribution in [0.4, 0.5) is 11.4 Å². The number of aromatic nitrogens is 1. The van der Waals surface area contributed by atoms with Gasteiger partial charge in [-0.2, -0.15) is 0 Å². The van der Waals surface area contributed by atoms with E-state index in [4.69, 9.17) is 16.3 Å². The minimum atomic E-state index is -0.875. The zero-order chi connectivity index (χ0) is 28.8. The largest absolute Gasteiger partial charge is 0.508 e. The molecule has 1 fully saturated rings. The number of anilines is 2. The maximum atomic E-state index is 13.9. The normalized spacial score (nSPS) is 19.6. The number of nitrogens with one attached hydrogen (secondary N) is 1. The van der Waals surface area contributed by atoms with E-state index in [1.165, 1.54) is 10.6 Å². The Morgan fingerprint density at radius 2 is 1.71 bits per heavy atom. The Labute approximate surface area is 247 Å². The molecule has 2 N–H and O–H groups in total. The highest BCUT2D eigenvalue weighted by molar-refractivity contribution is 8.00. The highest BCUT2D eigenvalue weighted by Crippen LogP contribution is 2.55. The summed E-state index contributed by atoms with van der Waals surface area (Å²) in [6, 6.07) is 19.8. The number of ether oxygens (including phenoxy) is 1. The molecule has 2 aliphatic rings. The number of fused-ring (bicyclic) bond motifs is 2. The lowest BCUT2D eigenvalue weighted by atomic mass is 9.82. The van der Waals surface area contributed by atoms with Gasteiger partial charge in [-0.05, 0) is 54.6 Å². The first-order chi connectivity index (χ1) is 19.8. The van der Waals surface area contributed by atoms with Crippen LogP contribution < -0.4 is 19.8 Å². The number of hydrogen-bond acceptors (Lipinski definition) is 8. The van der Waals surface area contributed by atoms with Gasteiger partial charge >= 0.3 is 4.87 Å². The molecule has 6 rings (SSSR count). The van der Waals surface area contributed by atoms with Crippen molar-refractivity contribution >= 4 is 63.8 Å². The number of phenols is 1. The zero-order valence-corrected chi connectivity index (χ0v) is 23.8. The molecule has 0 spiro atoms. The molecule has 0 radical (unpaired) electrons. The standard InChI is InChI=1S/C29H22ClN3O6S2/c1-39-18-12-8-16(9-13-18)31-21(35)14-32-28-25(41-29(32)38)22(19-4-2-3-5-20(19)34)23-24(40-28)27(37)33(26(23)36)17-10-6-15(30)7-11-17/h2-13,22-24,34H,14H2,1H3,(H,31,35)/t22-,23+,24-/m0/s1. The lowest BCUT2D eigenvalue weighted by Crippen LogP contribution is -2.33. The quantitative estimate of drug-likeness (QED) is 0.305. The van der Waals surface area contributed by atoms with Gasteiger partial charge in [0, 0.05) is 27.1 Å². The van der Waals surface area contributed by atoms with Crippen molar-refractivity contribution in [3.63, 3.8) is 0 Å². The van der Waals surface area contributed by atoms with Gasteiger partial charge in [0.1, 0.15) is 23.3 Å². The molecule has 0 saturated carbocycles. The Hall–Kier alpha value is -4.06. The molecule has 4 aromatic rings. The van der Waals surface area contributed by atoms with Gasteiger partial charge in [-0.3, -0.25) is 23.7 Å². The topological polar surface area (TPSA) is 118 Å². The number of para-hydroxylation sites is 1. The first-order valence-corrected chi connectivity index (χ1v) is 14.6. The van der Waals surface area contributed by atoms with E-state index >= 15 is 0 Å². The fourth-order valence-electron chi connectivity index (χ4n) is 5.20. The van der Waals surface area contributed by atoms with Gasteiger partial charge in [-0.1, -0.05) is 52.9 Å². The first kappa shape index (κ1) is 27.1. The molecule has 2 aliphatic heterocycles. The Morgan fingerprint density at radius 3 is 2.39 bits per heavy atom. The van der Waals surface area contributed by atoms with Crippen molar-refractivity contribution in [2.75, 3.05) is 17.3 Å². The van der Waals surface area contributed by atoms with Crippen molar-refractivity contribution in [3.8, 4) is 11.5 Å². The molecule has 0 unspecified atom stereocenters. The number of methoxy groups -OCH3 is 1. The summed E-state index contributed by atoms with van der Waals surface area (Å²) in [6.45, 7) is -0.294. The van der Waals surface area contributed by atoms with Crippen LogP contribution >= 0.6 is 34.7 Å². The molecule has 9 nitrogen and oxygen atoms in total. The summed E-state index contributed by atoms with van der Waals surface area (Å²) in [5, 5.41) is 13.6. The molecule has 41 heavy (non-hydrogen) atoms. The molecule has 0 aliphatic carbocycles. The second kappa shape index (κ2) is 10.7. The number of thiazole rings is 1. The van der Waals surface area contributed by atoms with Crippen LogP contribution in [0.25, 0.3) is 0 Å². The summed E-state index contributed by atoms with van der Waals surface area (Å²) < 4.78 is 6.47. The SMILES string of the molecule is COc1ccc(NC(=O)Cn2c3c(sc2=O)[C@@H](c2ccccc2O)[C@H]2C(=O)N(c4ccc(Cl)cc4)C(=O)[C@H]2S3)cc1. The fraction of sp³-hybridized carbons (Fsp3) is 0.172. The Balaban J connectivity index is 1.39. The first-order valence-electron chi connectivity index (χ1n) is 12.5. The maximum Gasteiger partial charge on any atom is 0.308 e.